The lowest BCUT2D eigenvalue weighted by atomic mass is 9.95. The third kappa shape index (κ3) is 16.9. The van der Waals surface area contributed by atoms with Gasteiger partial charge in [0.1, 0.15) is 0 Å². The van der Waals surface area contributed by atoms with E-state index in [0.717, 1.165) is 83.5 Å². The van der Waals surface area contributed by atoms with Crippen molar-refractivity contribution in [2.24, 2.45) is 76.7 Å². The number of nitrogens with two attached hydrogens (primary N) is 1. The van der Waals surface area contributed by atoms with E-state index in [2.05, 4.69) is 63.8 Å². The van der Waals surface area contributed by atoms with Crippen molar-refractivity contribution < 1.29 is 62.3 Å². The van der Waals surface area contributed by atoms with Gasteiger partial charge < -0.3 is 69.5 Å². The van der Waals surface area contributed by atoms with Crippen LogP contribution in [0.3, 0.4) is 0 Å². The van der Waals surface area contributed by atoms with Gasteiger partial charge in [-0.2, -0.15) is 0 Å². The van der Waals surface area contributed by atoms with Crippen LogP contribution in [0.1, 0.15) is 238 Å². The van der Waals surface area contributed by atoms with Crippen molar-refractivity contribution in [3.05, 3.63) is 0 Å². The summed E-state index contributed by atoms with van der Waals surface area (Å²) in [7, 11) is 0. The van der Waals surface area contributed by atoms with Gasteiger partial charge in [-0.25, -0.2) is 0 Å². The van der Waals surface area contributed by atoms with Crippen LogP contribution >= 0.6 is 0 Å². The minimum Gasteiger partial charge on any atom is -0.369 e. The zero-order valence-electron chi connectivity index (χ0n) is 58.7. The van der Waals surface area contributed by atoms with Crippen molar-refractivity contribution in [1.82, 2.24) is 63.8 Å². The Morgan fingerprint density at radius 3 is 0.410 bits per heavy atom. The fraction of sp³-hybridized carbons (Fsp3) is 0.824. The molecule has 0 aromatic rings. The van der Waals surface area contributed by atoms with Crippen molar-refractivity contribution in [3.8, 4) is 0 Å². The molecular weight excluding hydrogens is 1280 g/mol. The second-order valence-electron chi connectivity index (χ2n) is 32.4. The maximum Gasteiger partial charge on any atom is 0.225 e. The van der Waals surface area contributed by atoms with Crippen molar-refractivity contribution >= 4 is 76.8 Å². The fourth-order valence-electron chi connectivity index (χ4n) is 20.8. The number of carbonyl (C=O) groups is 13. The van der Waals surface area contributed by atoms with Gasteiger partial charge in [-0.05, 0) is 154 Å². The maximum atomic E-state index is 14.2. The van der Waals surface area contributed by atoms with Crippen LogP contribution in [0, 0.1) is 71.0 Å². The summed E-state index contributed by atoms with van der Waals surface area (Å²) in [5, 5.41) is 37.9. The Bertz CT molecular complexity index is 3080. The lowest BCUT2D eigenvalue weighted by molar-refractivity contribution is -0.133. The highest BCUT2D eigenvalue weighted by Crippen LogP contribution is 2.39. The number of carbonyl (C=O) groups excluding carboxylic acids is 13. The molecule has 24 atom stereocenters. The van der Waals surface area contributed by atoms with Gasteiger partial charge >= 0.3 is 0 Å². The van der Waals surface area contributed by atoms with Gasteiger partial charge in [-0.15, -0.1) is 0 Å². The Hall–Kier alpha value is -6.89. The van der Waals surface area contributed by atoms with Crippen molar-refractivity contribution in [2.75, 3.05) is 0 Å². The van der Waals surface area contributed by atoms with Crippen LogP contribution in [0.15, 0.2) is 0 Å². The molecule has 0 bridgehead atoms. The van der Waals surface area contributed by atoms with Crippen LogP contribution in [0.5, 0.6) is 0 Å². The molecule has 26 heteroatoms. The zero-order valence-corrected chi connectivity index (χ0v) is 58.7. The first-order valence-electron chi connectivity index (χ1n) is 39.2. The van der Waals surface area contributed by atoms with Gasteiger partial charge in [-0.3, -0.25) is 62.3 Å². The standard InChI is InChI=1S/C74H113N13O13/c1-38(88)76-52-27-3-15-40(52)64(90)78-54-29-5-17-42(54)66(92)80-56-31-7-19-44(56)68(94)82-58-33-9-21-46(58)70(96)84-60-35-11-23-48(60)72(98)86-62-37-13-25-50(62)74(100)87-61-36-12-24-49(61)73(99)85-59-34-10-22-47(59)71(97)83-57-32-8-20-45(57)69(95)81-55-30-6-18-43(55)67(93)79-53-28-4-16-41(53)65(91)77-51-26-2-14-39(51)63(75)89/h39-62H,2-37H2,1H3,(H2,75,89)(H,76,88)(H,77,91)(H,78,90)(H,79,93)(H,80,92)(H,81,95)(H,82,94)(H,83,97)(H,84,96)(H,85,99)(H,86,98)(H,87,100)/t39-,40-,41-,42-,43-,44-,45+,46+,47-,48-,49-,50-,51-,52-,53-,54-,55-,56-,57+,58+,59-,60-,61-,62-/m0/s1. The molecule has 13 amide bonds. The summed E-state index contributed by atoms with van der Waals surface area (Å²) >= 11 is 0. The Morgan fingerprint density at radius 2 is 0.290 bits per heavy atom. The molecule has 0 radical (unpaired) electrons. The molecule has 12 saturated carbocycles. The summed E-state index contributed by atoms with van der Waals surface area (Å²) in [5.41, 5.74) is 5.62. The second kappa shape index (κ2) is 33.0. The molecule has 0 aliphatic heterocycles. The summed E-state index contributed by atoms with van der Waals surface area (Å²) in [5.74, 6) is -7.98. The first-order valence-corrected chi connectivity index (χ1v) is 39.2. The van der Waals surface area contributed by atoms with E-state index in [1.807, 2.05) is 0 Å². The highest BCUT2D eigenvalue weighted by molar-refractivity contribution is 5.90. The quantitative estimate of drug-likeness (QED) is 0.0662. The van der Waals surface area contributed by atoms with Gasteiger partial charge in [0.05, 0.1) is 71.0 Å². The largest absolute Gasteiger partial charge is 0.369 e. The molecule has 12 rings (SSSR count). The summed E-state index contributed by atoms with van der Waals surface area (Å²) in [6, 6.07) is -4.39. The van der Waals surface area contributed by atoms with E-state index in [1.54, 1.807) is 0 Å². The molecule has 0 saturated heterocycles. The minimum atomic E-state index is -0.500. The molecule has 552 valence electrons. The van der Waals surface area contributed by atoms with Gasteiger partial charge in [0, 0.05) is 79.4 Å². The Morgan fingerprint density at radius 1 is 0.180 bits per heavy atom. The Balaban J connectivity index is 0.566. The van der Waals surface area contributed by atoms with Gasteiger partial charge in [-0.1, -0.05) is 77.0 Å². The molecule has 0 aromatic heterocycles. The SMILES string of the molecule is CC(=O)N[C@H]1CCC[C@@H]1C(=O)N[C@H]1CCC[C@@H]1C(=O)N[C@H]1CCC[C@@H]1C(=O)N[C@@H]1CCC[C@H]1C(=O)N[C@H]1CCC[C@@H]1C(=O)N[C@H]1CCC[C@@H]1C(=O)N[C@H]1CCC[C@@H]1C(=O)N[C@H]1CCC[C@@H]1C(=O)N[C@@H]1CCC[C@H]1C(=O)N[C@H]1CCC[C@@H]1C(=O)N[C@H]1CCC[C@@H]1C(=O)N[C@H]1CCC[C@@H]1C(N)=O. The smallest absolute Gasteiger partial charge is 0.225 e. The number of nitrogens with one attached hydrogen (secondary N) is 12. The number of hydrogen-bond acceptors (Lipinski definition) is 13. The van der Waals surface area contributed by atoms with Crippen molar-refractivity contribution in [3.63, 3.8) is 0 Å². The third-order valence-corrected chi connectivity index (χ3v) is 26.3. The third-order valence-electron chi connectivity index (χ3n) is 26.3. The topological polar surface area (TPSA) is 392 Å². The first-order chi connectivity index (χ1) is 48.3. The van der Waals surface area contributed by atoms with Crippen LogP contribution in [-0.2, 0) is 62.3 Å². The van der Waals surface area contributed by atoms with E-state index in [-0.39, 0.29) is 119 Å². The van der Waals surface area contributed by atoms with E-state index in [4.69, 9.17) is 5.73 Å². The highest BCUT2D eigenvalue weighted by Gasteiger charge is 2.49. The molecule has 0 unspecified atom stereocenters. The summed E-state index contributed by atoms with van der Waals surface area (Å²) in [4.78, 5) is 178. The molecule has 14 N–H and O–H groups in total. The molecular formula is C74H113N13O13. The summed E-state index contributed by atoms with van der Waals surface area (Å²) in [6.45, 7) is 1.45. The number of hydrogen-bond donors (Lipinski definition) is 13. The second-order valence-corrected chi connectivity index (χ2v) is 32.4. The zero-order chi connectivity index (χ0) is 70.3. The molecule has 0 aromatic carbocycles. The van der Waals surface area contributed by atoms with Crippen LogP contribution in [0.4, 0.5) is 0 Å². The van der Waals surface area contributed by atoms with Crippen molar-refractivity contribution in [2.45, 2.75) is 311 Å². The molecule has 12 fully saturated rings. The van der Waals surface area contributed by atoms with Gasteiger partial charge in [0.15, 0.2) is 0 Å². The average molecular weight is 1390 g/mol. The molecule has 12 aliphatic rings. The number of primary amides is 1. The molecule has 100 heavy (non-hydrogen) atoms. The lowest BCUT2D eigenvalue weighted by Crippen LogP contribution is -2.54. The average Bonchev–Trinajstić information content (AvgIpc) is 1.69. The van der Waals surface area contributed by atoms with E-state index in [0.29, 0.717) is 148 Å². The predicted octanol–water partition coefficient (Wildman–Crippen LogP) is 2.91. The number of amides is 13. The molecule has 0 heterocycles. The Labute approximate surface area is 587 Å². The van der Waals surface area contributed by atoms with Gasteiger partial charge in [0.25, 0.3) is 0 Å². The van der Waals surface area contributed by atoms with E-state index in [9.17, 15) is 62.3 Å². The van der Waals surface area contributed by atoms with Crippen LogP contribution in [-0.4, -0.2) is 149 Å². The highest BCUT2D eigenvalue weighted by atomic mass is 16.2. The molecule has 0 spiro atoms. The summed E-state index contributed by atoms with van der Waals surface area (Å²) in [6.07, 6.45) is 24.3. The van der Waals surface area contributed by atoms with Crippen LogP contribution in [0.2, 0.25) is 0 Å². The van der Waals surface area contributed by atoms with E-state index in [1.165, 1.54) is 6.92 Å². The predicted molar refractivity (Wildman–Crippen MR) is 366 cm³/mol. The van der Waals surface area contributed by atoms with E-state index >= 15 is 0 Å². The van der Waals surface area contributed by atoms with Crippen LogP contribution < -0.4 is 69.5 Å². The molecule has 12 aliphatic carbocycles. The number of rotatable bonds is 24. The van der Waals surface area contributed by atoms with Crippen molar-refractivity contribution in [1.29, 1.82) is 0 Å². The maximum absolute atomic E-state index is 14.2. The normalized spacial score (nSPS) is 38.2. The van der Waals surface area contributed by atoms with Crippen LogP contribution in [0.25, 0.3) is 0 Å². The minimum absolute atomic E-state index is 0.131. The fourth-order valence-corrected chi connectivity index (χ4v) is 20.8. The summed E-state index contributed by atoms with van der Waals surface area (Å²) < 4.78 is 0. The Kier molecular flexibility index (Phi) is 24.1. The first kappa shape index (κ1) is 72.9. The van der Waals surface area contributed by atoms with E-state index < -0.39 is 101 Å². The monoisotopic (exact) mass is 1390 g/mol. The molecule has 26 nitrogen and oxygen atoms in total. The lowest BCUT2D eigenvalue weighted by Gasteiger charge is -2.29. The van der Waals surface area contributed by atoms with Gasteiger partial charge in [0.2, 0.25) is 76.8 Å².